The Bertz CT molecular complexity index is 3890. The number of alkyl halides is 3. The average molecular weight is 1640 g/mol. The summed E-state index contributed by atoms with van der Waals surface area (Å²) in [6, 6.07) is 56.2. The van der Waals surface area contributed by atoms with E-state index in [9.17, 15) is 43.8 Å². The first-order valence-electron chi connectivity index (χ1n) is 34.8. The molecule has 8 aromatic rings. The summed E-state index contributed by atoms with van der Waals surface area (Å²) in [5.41, 5.74) is 8.75. The van der Waals surface area contributed by atoms with E-state index in [1.165, 1.54) is 0 Å². The van der Waals surface area contributed by atoms with Gasteiger partial charge in [-0.3, -0.25) is 14.4 Å². The number of aromatic hydroxyl groups is 2. The van der Waals surface area contributed by atoms with Crippen LogP contribution < -0.4 is 9.47 Å². The molecule has 4 fully saturated rings. The van der Waals surface area contributed by atoms with E-state index in [-0.39, 0.29) is 55.1 Å². The predicted octanol–water partition coefficient (Wildman–Crippen LogP) is 17.0. The molecule has 4 aliphatic heterocycles. The van der Waals surface area contributed by atoms with Gasteiger partial charge in [-0.1, -0.05) is 164 Å². The van der Waals surface area contributed by atoms with Gasteiger partial charge in [0.05, 0.1) is 48.7 Å². The number of benzene rings is 8. The van der Waals surface area contributed by atoms with E-state index in [1.54, 1.807) is 121 Å². The molecule has 105 heavy (non-hydrogen) atoms. The van der Waals surface area contributed by atoms with Crippen LogP contribution in [-0.4, -0.2) is 143 Å². The molecule has 0 amide bonds. The SMILES string of the molecule is O=C(CCCCCBr)Oc1ccc(-c2ccc(C(=O)O[C@H]3COC4C3OC[C@H]4OC(=O)c3ccc(-c4ccc(OC(=O)CCCCCBr)cc4)cc3)cc2)cc1.O=C(Cl)CCCCCBr.O=C(O[C@H]1COC2C1OC[C@H]2OC(=O)c1ccc(-c2ccc(O)cc2)cc1)c1ccc(-c2ccc(O)cc2)cc1. The second-order valence-electron chi connectivity index (χ2n) is 25.2. The molecule has 0 radical (unpaired) electrons. The number of phenols is 2. The maximum absolute atomic E-state index is 13.1. The molecule has 12 rings (SSSR count). The largest absolute Gasteiger partial charge is 0.508 e. The van der Waals surface area contributed by atoms with Crippen molar-refractivity contribution in [3.05, 3.63) is 216 Å². The van der Waals surface area contributed by atoms with E-state index in [0.29, 0.717) is 53.0 Å². The number of rotatable bonds is 29. The fourth-order valence-electron chi connectivity index (χ4n) is 12.0. The van der Waals surface area contributed by atoms with Crippen molar-refractivity contribution in [3.8, 4) is 67.5 Å². The fraction of sp³-hybridized carbons (Fsp3) is 0.329. The molecule has 19 nitrogen and oxygen atoms in total. The van der Waals surface area contributed by atoms with E-state index in [0.717, 1.165) is 118 Å². The van der Waals surface area contributed by atoms with Gasteiger partial charge in [0.1, 0.15) is 47.4 Å². The van der Waals surface area contributed by atoms with Gasteiger partial charge in [-0.15, -0.1) is 0 Å². The van der Waals surface area contributed by atoms with Gasteiger partial charge in [0.25, 0.3) is 0 Å². The number of hydrogen-bond donors (Lipinski definition) is 2. The number of fused-ring (bicyclic) bond motifs is 2. The Morgan fingerprint density at radius 3 is 0.762 bits per heavy atom. The fourth-order valence-corrected chi connectivity index (χ4v) is 13.3. The number of ether oxygens (including phenoxy) is 10. The molecular weight excluding hydrogens is 1560 g/mol. The molecule has 0 saturated carbocycles. The summed E-state index contributed by atoms with van der Waals surface area (Å²) in [6.07, 6.45) is 5.27. The number of esters is 6. The smallest absolute Gasteiger partial charge is 0.338 e. The summed E-state index contributed by atoms with van der Waals surface area (Å²) < 4.78 is 57.3. The Hall–Kier alpha value is -8.58. The summed E-state index contributed by atoms with van der Waals surface area (Å²) in [5, 5.41) is 21.6. The molecule has 4 heterocycles. The van der Waals surface area contributed by atoms with Gasteiger partial charge in [-0.2, -0.15) is 0 Å². The number of halogens is 4. The van der Waals surface area contributed by atoms with Crippen LogP contribution in [-0.2, 0) is 52.3 Å². The van der Waals surface area contributed by atoms with Crippen LogP contribution in [0.25, 0.3) is 44.5 Å². The highest BCUT2D eigenvalue weighted by molar-refractivity contribution is 9.09. The summed E-state index contributed by atoms with van der Waals surface area (Å²) in [4.78, 5) is 86.2. The van der Waals surface area contributed by atoms with Crippen molar-refractivity contribution in [2.45, 2.75) is 126 Å². The van der Waals surface area contributed by atoms with Crippen molar-refractivity contribution in [3.63, 3.8) is 0 Å². The van der Waals surface area contributed by atoms with Gasteiger partial charge in [0.2, 0.25) is 5.24 Å². The van der Waals surface area contributed by atoms with Crippen molar-refractivity contribution in [2.24, 2.45) is 0 Å². The number of unbranched alkanes of at least 4 members (excludes halogenated alkanes) is 6. The normalized spacial score (nSPS) is 18.9. The highest BCUT2D eigenvalue weighted by Crippen LogP contribution is 2.35. The molecule has 0 aromatic heterocycles. The van der Waals surface area contributed by atoms with Crippen LogP contribution in [0.4, 0.5) is 0 Å². The van der Waals surface area contributed by atoms with Gasteiger partial charge < -0.3 is 57.6 Å². The van der Waals surface area contributed by atoms with E-state index < -0.39 is 72.7 Å². The predicted molar refractivity (Wildman–Crippen MR) is 406 cm³/mol. The standard InChI is InChI=1S/C44H44Br2O10.C32H26O8.C6H10BrClO/c45-25-5-1-3-7-39(47)53-35-21-17-31(18-22-35)29-9-13-33(14-10-29)43(49)55-37-27-51-42-38(28-52-41(37)42)56-44(50)34-15-11-30(12-16-34)32-19-23-36(24-20-32)54-40(48)8-4-2-6-26-46;33-25-13-9-21(10-14-25)19-1-5-23(6-2-19)31(35)39-27-17-37-30-28(18-38-29(27)30)40-32(36)24-7-3-20(4-8-24)22-11-15-26(34)16-12-22;7-5-3-1-2-4-6(8)9/h9-24,37-38,41-42H,1-8,25-28H2;1-16,27-30,33-34H,17-18H2;1-5H2/t37-,38+,41?,42?;27-,28+,29?,30?;. The zero-order chi connectivity index (χ0) is 74.0. The summed E-state index contributed by atoms with van der Waals surface area (Å²) in [5.74, 6) is -1.15. The number of phenolic OH excluding ortho intramolecular Hbond substituents is 2. The Kier molecular flexibility index (Phi) is 30.3. The van der Waals surface area contributed by atoms with Crippen LogP contribution in [0.1, 0.15) is 118 Å². The van der Waals surface area contributed by atoms with Crippen LogP contribution in [0.5, 0.6) is 23.0 Å². The lowest BCUT2D eigenvalue weighted by Gasteiger charge is -2.17. The maximum Gasteiger partial charge on any atom is 0.338 e. The molecule has 4 unspecified atom stereocenters. The summed E-state index contributed by atoms with van der Waals surface area (Å²) in [7, 11) is 0. The monoisotopic (exact) mass is 1640 g/mol. The molecule has 8 aromatic carbocycles. The molecule has 2 N–H and O–H groups in total. The maximum atomic E-state index is 13.1. The molecule has 550 valence electrons. The zero-order valence-electron chi connectivity index (χ0n) is 57.4. The third kappa shape index (κ3) is 23.2. The molecule has 8 atom stereocenters. The van der Waals surface area contributed by atoms with Crippen LogP contribution in [0.2, 0.25) is 0 Å². The second kappa shape index (κ2) is 40.2. The van der Waals surface area contributed by atoms with Gasteiger partial charge in [0, 0.05) is 35.3 Å². The average Bonchev–Trinajstić information content (AvgIpc) is 1.55. The van der Waals surface area contributed by atoms with Crippen molar-refractivity contribution in [2.75, 3.05) is 42.4 Å². The van der Waals surface area contributed by atoms with Crippen molar-refractivity contribution < 1.29 is 91.1 Å². The van der Waals surface area contributed by atoms with E-state index in [2.05, 4.69) is 47.8 Å². The second-order valence-corrected chi connectivity index (χ2v) is 28.0. The first-order valence-corrected chi connectivity index (χ1v) is 38.5. The third-order valence-corrected chi connectivity index (χ3v) is 19.6. The van der Waals surface area contributed by atoms with Crippen molar-refractivity contribution in [1.29, 1.82) is 0 Å². The molecule has 0 aliphatic carbocycles. The Balaban J connectivity index is 0.000000209. The summed E-state index contributed by atoms with van der Waals surface area (Å²) >= 11 is 15.2. The first kappa shape index (κ1) is 79.0. The Morgan fingerprint density at radius 2 is 0.533 bits per heavy atom. The minimum Gasteiger partial charge on any atom is -0.508 e. The van der Waals surface area contributed by atoms with Crippen molar-refractivity contribution in [1.82, 2.24) is 0 Å². The van der Waals surface area contributed by atoms with E-state index in [4.69, 9.17) is 59.0 Å². The lowest BCUT2D eigenvalue weighted by molar-refractivity contribution is -0.135. The quantitative estimate of drug-likeness (QED) is 0.0110. The molecule has 4 saturated heterocycles. The van der Waals surface area contributed by atoms with E-state index >= 15 is 0 Å². The number of hydrogen-bond acceptors (Lipinski definition) is 19. The van der Waals surface area contributed by atoms with Crippen LogP contribution >= 0.6 is 59.4 Å². The topological polar surface area (TPSA) is 252 Å². The number of carbonyl (C=O) groups excluding carboxylic acids is 7. The molecular formula is C82H80Br3ClO19. The minimum atomic E-state index is -0.658. The van der Waals surface area contributed by atoms with Crippen LogP contribution in [0, 0.1) is 0 Å². The molecule has 0 bridgehead atoms. The van der Waals surface area contributed by atoms with Gasteiger partial charge >= 0.3 is 35.8 Å². The lowest BCUT2D eigenvalue weighted by atomic mass is 10.0. The highest BCUT2D eigenvalue weighted by Gasteiger charge is 2.52. The Labute approximate surface area is 639 Å². The van der Waals surface area contributed by atoms with Crippen LogP contribution in [0.3, 0.4) is 0 Å². The molecule has 4 aliphatic rings. The minimum absolute atomic E-state index is 0.116. The highest BCUT2D eigenvalue weighted by atomic mass is 79.9. The summed E-state index contributed by atoms with van der Waals surface area (Å²) in [6.45, 7) is 0.514. The van der Waals surface area contributed by atoms with Crippen molar-refractivity contribution >= 4 is 100 Å². The third-order valence-electron chi connectivity index (χ3n) is 17.7. The van der Waals surface area contributed by atoms with E-state index in [1.807, 2.05) is 72.8 Å². The van der Waals surface area contributed by atoms with Gasteiger partial charge in [-0.25, -0.2) is 19.2 Å². The molecule has 0 spiro atoms. The van der Waals surface area contributed by atoms with Crippen LogP contribution in [0.15, 0.2) is 194 Å². The number of carbonyl (C=O) groups is 7. The Morgan fingerprint density at radius 1 is 0.314 bits per heavy atom. The molecule has 23 heteroatoms. The lowest BCUT2D eigenvalue weighted by Crippen LogP contribution is -2.36. The van der Waals surface area contributed by atoms with Gasteiger partial charge in [-0.05, 0) is 192 Å². The zero-order valence-corrected chi connectivity index (χ0v) is 62.9. The first-order chi connectivity index (χ1) is 51.0. The van der Waals surface area contributed by atoms with Gasteiger partial charge in [0.15, 0.2) is 24.4 Å².